The lowest BCUT2D eigenvalue weighted by Crippen LogP contribution is -2.19. The van der Waals surface area contributed by atoms with Crippen LogP contribution >= 0.6 is 11.8 Å². The smallest absolute Gasteiger partial charge is 0.236 e. The Hall–Kier alpha value is -1.92. The number of nitrogens with one attached hydrogen (secondary N) is 1. The molecule has 1 N–H and O–H groups in total. The maximum absolute atomic E-state index is 11.0. The number of amides is 1. The first-order valence-corrected chi connectivity index (χ1v) is 7.08. The first-order chi connectivity index (χ1) is 9.78. The summed E-state index contributed by atoms with van der Waals surface area (Å²) < 4.78 is 5.38. The van der Waals surface area contributed by atoms with Crippen LogP contribution < -0.4 is 5.32 Å². The molecular formula is C14H15N3O2S. The predicted molar refractivity (Wildman–Crippen MR) is 81.9 cm³/mol. The van der Waals surface area contributed by atoms with Crippen molar-refractivity contribution in [3.8, 4) is 0 Å². The van der Waals surface area contributed by atoms with Crippen LogP contribution in [0.15, 0.2) is 47.1 Å². The average Bonchev–Trinajstić information content (AvgIpc) is 2.85. The minimum absolute atomic E-state index is 0.0367. The van der Waals surface area contributed by atoms with Crippen molar-refractivity contribution in [1.82, 2.24) is 5.32 Å². The van der Waals surface area contributed by atoms with Gasteiger partial charge in [0, 0.05) is 0 Å². The molecule has 0 unspecified atom stereocenters. The summed E-state index contributed by atoms with van der Waals surface area (Å²) >= 11 is 1.35. The van der Waals surface area contributed by atoms with Gasteiger partial charge in [-0.1, -0.05) is 36.0 Å². The van der Waals surface area contributed by atoms with Crippen molar-refractivity contribution in [3.63, 3.8) is 0 Å². The van der Waals surface area contributed by atoms with Gasteiger partial charge in [-0.15, -0.1) is 11.7 Å². The lowest BCUT2D eigenvalue weighted by atomic mass is 10.1. The third kappa shape index (κ3) is 4.64. The van der Waals surface area contributed by atoms with E-state index in [0.29, 0.717) is 24.1 Å². The van der Waals surface area contributed by atoms with Crippen molar-refractivity contribution in [3.05, 3.63) is 48.0 Å². The van der Waals surface area contributed by atoms with Crippen molar-refractivity contribution in [2.45, 2.75) is 6.61 Å². The molecular weight excluding hydrogens is 274 g/mol. The number of hydrogen-bond donors (Lipinski definition) is 1. The molecule has 6 heteroatoms. The highest BCUT2D eigenvalue weighted by Gasteiger charge is 2.15. The zero-order valence-corrected chi connectivity index (χ0v) is 11.7. The van der Waals surface area contributed by atoms with E-state index in [1.807, 2.05) is 24.3 Å². The van der Waals surface area contributed by atoms with E-state index in [9.17, 15) is 4.79 Å². The predicted octanol–water partition coefficient (Wildman–Crippen LogP) is 1.94. The molecule has 1 fully saturated rings. The van der Waals surface area contributed by atoms with Gasteiger partial charge in [0.15, 0.2) is 5.17 Å². The fourth-order valence-corrected chi connectivity index (χ4v) is 2.18. The topological polar surface area (TPSA) is 63.1 Å². The number of amidine groups is 1. The summed E-state index contributed by atoms with van der Waals surface area (Å²) in [5.74, 6) is 0.370. The molecule has 1 aromatic rings. The molecule has 1 heterocycles. The summed E-state index contributed by atoms with van der Waals surface area (Å²) in [7, 11) is 0. The molecule has 104 valence electrons. The van der Waals surface area contributed by atoms with Crippen LogP contribution in [0.5, 0.6) is 0 Å². The van der Waals surface area contributed by atoms with Gasteiger partial charge in [-0.25, -0.2) is 0 Å². The van der Waals surface area contributed by atoms with E-state index in [1.165, 1.54) is 11.8 Å². The fourth-order valence-electron chi connectivity index (χ4n) is 1.55. The standard InChI is InChI=1S/C14H15N3O2S/c1-2-6-19-9-12-5-3-4-11(7-12)8-15-17-14-16-13(18)10-20-14/h2-5,7-8H,1,6,9-10H2,(H,16,17,18). The van der Waals surface area contributed by atoms with E-state index in [2.05, 4.69) is 22.1 Å². The van der Waals surface area contributed by atoms with Crippen LogP contribution in [0.3, 0.4) is 0 Å². The number of thioether (sulfide) groups is 1. The Morgan fingerprint density at radius 2 is 2.40 bits per heavy atom. The Kier molecular flexibility index (Phi) is 5.52. The summed E-state index contributed by atoms with van der Waals surface area (Å²) in [4.78, 5) is 11.0. The highest BCUT2D eigenvalue weighted by atomic mass is 32.2. The number of carbonyl (C=O) groups excluding carboxylic acids is 1. The molecule has 1 amide bonds. The van der Waals surface area contributed by atoms with Crippen molar-refractivity contribution >= 4 is 29.1 Å². The Bertz CT molecular complexity index is 555. The van der Waals surface area contributed by atoms with Gasteiger partial charge in [0.1, 0.15) is 0 Å². The molecule has 1 aliphatic heterocycles. The number of ether oxygens (including phenoxy) is 1. The van der Waals surface area contributed by atoms with Crippen LogP contribution in [-0.4, -0.2) is 29.6 Å². The van der Waals surface area contributed by atoms with Gasteiger partial charge in [-0.05, 0) is 17.2 Å². The molecule has 0 aromatic heterocycles. The second kappa shape index (κ2) is 7.62. The summed E-state index contributed by atoms with van der Waals surface area (Å²) in [5, 5.41) is 11.1. The zero-order chi connectivity index (χ0) is 14.2. The molecule has 1 saturated heterocycles. The third-order valence-electron chi connectivity index (χ3n) is 2.40. The van der Waals surface area contributed by atoms with E-state index in [-0.39, 0.29) is 5.91 Å². The van der Waals surface area contributed by atoms with Gasteiger partial charge in [0.2, 0.25) is 5.91 Å². The lowest BCUT2D eigenvalue weighted by Gasteiger charge is -2.02. The van der Waals surface area contributed by atoms with E-state index in [1.54, 1.807) is 12.3 Å². The van der Waals surface area contributed by atoms with Gasteiger partial charge in [-0.2, -0.15) is 5.10 Å². The molecule has 0 aliphatic carbocycles. The number of hydrogen-bond acceptors (Lipinski definition) is 5. The monoisotopic (exact) mass is 289 g/mol. The van der Waals surface area contributed by atoms with Crippen LogP contribution in [-0.2, 0) is 16.1 Å². The largest absolute Gasteiger partial charge is 0.373 e. The van der Waals surface area contributed by atoms with Crippen molar-refractivity contribution in [1.29, 1.82) is 0 Å². The van der Waals surface area contributed by atoms with Crippen molar-refractivity contribution in [2.24, 2.45) is 10.2 Å². The van der Waals surface area contributed by atoms with Gasteiger partial charge in [0.25, 0.3) is 0 Å². The highest BCUT2D eigenvalue weighted by molar-refractivity contribution is 8.15. The molecule has 1 aliphatic rings. The Morgan fingerprint density at radius 1 is 1.50 bits per heavy atom. The van der Waals surface area contributed by atoms with Crippen LogP contribution in [0.25, 0.3) is 0 Å². The first kappa shape index (κ1) is 14.5. The first-order valence-electron chi connectivity index (χ1n) is 6.09. The van der Waals surface area contributed by atoms with Crippen LogP contribution in [0, 0.1) is 0 Å². The minimum Gasteiger partial charge on any atom is -0.373 e. The van der Waals surface area contributed by atoms with Gasteiger partial charge in [0.05, 0.1) is 25.2 Å². The second-order valence-electron chi connectivity index (χ2n) is 4.04. The van der Waals surface area contributed by atoms with Crippen LogP contribution in [0.4, 0.5) is 0 Å². The zero-order valence-electron chi connectivity index (χ0n) is 10.9. The minimum atomic E-state index is -0.0367. The maximum Gasteiger partial charge on any atom is 0.236 e. The Balaban J connectivity index is 1.93. The van der Waals surface area contributed by atoms with E-state index >= 15 is 0 Å². The van der Waals surface area contributed by atoms with Gasteiger partial charge >= 0.3 is 0 Å². The maximum atomic E-state index is 11.0. The molecule has 0 bridgehead atoms. The second-order valence-corrected chi connectivity index (χ2v) is 5.00. The normalized spacial score (nSPS) is 16.8. The molecule has 0 atom stereocenters. The summed E-state index contributed by atoms with van der Waals surface area (Å²) in [6.07, 6.45) is 3.37. The Morgan fingerprint density at radius 3 is 3.15 bits per heavy atom. The van der Waals surface area contributed by atoms with Gasteiger partial charge < -0.3 is 10.1 Å². The summed E-state index contributed by atoms with van der Waals surface area (Å²) in [6.45, 7) is 4.67. The SMILES string of the molecule is C=CCOCc1cccc(C=NN=C2NC(=O)CS2)c1. The van der Waals surface area contributed by atoms with E-state index in [4.69, 9.17) is 4.74 Å². The third-order valence-corrected chi connectivity index (χ3v) is 3.26. The van der Waals surface area contributed by atoms with E-state index < -0.39 is 0 Å². The number of nitrogens with zero attached hydrogens (tertiary/aromatic N) is 2. The number of rotatable bonds is 6. The van der Waals surface area contributed by atoms with Crippen LogP contribution in [0.2, 0.25) is 0 Å². The van der Waals surface area contributed by atoms with Gasteiger partial charge in [-0.3, -0.25) is 4.79 Å². The van der Waals surface area contributed by atoms with Crippen LogP contribution in [0.1, 0.15) is 11.1 Å². The summed E-state index contributed by atoms with van der Waals surface area (Å²) in [6, 6.07) is 7.83. The molecule has 0 spiro atoms. The quantitative estimate of drug-likeness (QED) is 0.377. The fraction of sp³-hybridized carbons (Fsp3) is 0.214. The Labute approximate surface area is 121 Å². The van der Waals surface area contributed by atoms with Crippen molar-refractivity contribution < 1.29 is 9.53 Å². The van der Waals surface area contributed by atoms with E-state index in [0.717, 1.165) is 11.1 Å². The summed E-state index contributed by atoms with van der Waals surface area (Å²) in [5.41, 5.74) is 2.00. The number of carbonyl (C=O) groups is 1. The average molecular weight is 289 g/mol. The lowest BCUT2D eigenvalue weighted by molar-refractivity contribution is -0.116. The van der Waals surface area contributed by atoms with Crippen molar-refractivity contribution in [2.75, 3.05) is 12.4 Å². The number of benzene rings is 1. The molecule has 0 radical (unpaired) electrons. The molecule has 0 saturated carbocycles. The molecule has 20 heavy (non-hydrogen) atoms. The molecule has 2 rings (SSSR count). The molecule has 5 nitrogen and oxygen atoms in total. The highest BCUT2D eigenvalue weighted by Crippen LogP contribution is 2.09. The molecule has 1 aromatic carbocycles.